The number of rotatable bonds is 4. The second kappa shape index (κ2) is 5.51. The number of hydrogen-bond donors (Lipinski definition) is 3. The molecule has 0 spiro atoms. The summed E-state index contributed by atoms with van der Waals surface area (Å²) in [5.74, 6) is -0.259. The lowest BCUT2D eigenvalue weighted by Gasteiger charge is -2.11. The van der Waals surface area contributed by atoms with Crippen LogP contribution in [0.15, 0.2) is 42.6 Å². The van der Waals surface area contributed by atoms with E-state index in [9.17, 15) is 15.3 Å². The van der Waals surface area contributed by atoms with Crippen LogP contribution in [-0.2, 0) is 6.42 Å². The number of phenols is 2. The molecule has 18 heavy (non-hydrogen) atoms. The predicted octanol–water partition coefficient (Wildman–Crippen LogP) is 2.16. The van der Waals surface area contributed by atoms with Gasteiger partial charge < -0.3 is 15.3 Å². The normalized spacial score (nSPS) is 12.3. The maximum absolute atomic E-state index is 9.94. The maximum Gasteiger partial charge on any atom is 0.160 e. The van der Waals surface area contributed by atoms with Gasteiger partial charge >= 0.3 is 0 Å². The van der Waals surface area contributed by atoms with E-state index in [-0.39, 0.29) is 11.5 Å². The molecule has 2 rings (SSSR count). The number of aromatic hydroxyl groups is 2. The van der Waals surface area contributed by atoms with Gasteiger partial charge in [0.1, 0.15) is 0 Å². The van der Waals surface area contributed by atoms with Gasteiger partial charge in [-0.1, -0.05) is 18.2 Å². The lowest BCUT2D eigenvalue weighted by Crippen LogP contribution is -2.01. The quantitative estimate of drug-likeness (QED) is 0.722. The number of aliphatic hydroxyl groups excluding tert-OH is 1. The van der Waals surface area contributed by atoms with E-state index in [4.69, 9.17) is 0 Å². The molecule has 4 heteroatoms. The van der Waals surface area contributed by atoms with Crippen molar-refractivity contribution in [3.8, 4) is 11.5 Å². The Hall–Kier alpha value is -2.07. The Morgan fingerprint density at radius 2 is 1.89 bits per heavy atom. The minimum atomic E-state index is -0.673. The van der Waals surface area contributed by atoms with E-state index in [1.165, 1.54) is 6.07 Å². The highest BCUT2D eigenvalue weighted by Crippen LogP contribution is 2.30. The number of aryl methyl sites for hydroxylation is 1. The van der Waals surface area contributed by atoms with Gasteiger partial charge in [-0.05, 0) is 36.6 Å². The van der Waals surface area contributed by atoms with Crippen molar-refractivity contribution in [2.45, 2.75) is 18.9 Å². The van der Waals surface area contributed by atoms with Crippen molar-refractivity contribution < 1.29 is 15.3 Å². The average molecular weight is 245 g/mol. The first kappa shape index (κ1) is 12.4. The lowest BCUT2D eigenvalue weighted by molar-refractivity contribution is 0.163. The standard InChI is InChI=1S/C14H15NO3/c16-12(11-5-1-2-9-15-11)8-7-10-4-3-6-13(17)14(10)18/h1-6,9,12,16-18H,7-8H2/t12-/m1/s1. The fourth-order valence-electron chi connectivity index (χ4n) is 1.79. The van der Waals surface area contributed by atoms with E-state index >= 15 is 0 Å². The summed E-state index contributed by atoms with van der Waals surface area (Å²) in [6.45, 7) is 0. The summed E-state index contributed by atoms with van der Waals surface area (Å²) in [4.78, 5) is 4.07. The van der Waals surface area contributed by atoms with E-state index in [2.05, 4.69) is 4.98 Å². The van der Waals surface area contributed by atoms with Gasteiger partial charge in [-0.15, -0.1) is 0 Å². The number of aliphatic hydroxyl groups is 1. The third-order valence-electron chi connectivity index (χ3n) is 2.81. The molecule has 0 saturated heterocycles. The molecule has 0 aliphatic carbocycles. The van der Waals surface area contributed by atoms with Gasteiger partial charge in [-0.2, -0.15) is 0 Å². The van der Waals surface area contributed by atoms with Gasteiger partial charge in [0.05, 0.1) is 11.8 Å². The molecule has 0 amide bonds. The first-order valence-electron chi connectivity index (χ1n) is 5.77. The highest BCUT2D eigenvalue weighted by Gasteiger charge is 2.11. The van der Waals surface area contributed by atoms with Crippen LogP contribution in [0, 0.1) is 0 Å². The molecular weight excluding hydrogens is 230 g/mol. The molecule has 1 heterocycles. The minimum absolute atomic E-state index is 0.120. The summed E-state index contributed by atoms with van der Waals surface area (Å²) in [6, 6.07) is 10.2. The zero-order valence-corrected chi connectivity index (χ0v) is 9.82. The van der Waals surface area contributed by atoms with Crippen molar-refractivity contribution in [2.24, 2.45) is 0 Å². The Bertz CT molecular complexity index is 514. The molecule has 0 unspecified atom stereocenters. The van der Waals surface area contributed by atoms with Crippen LogP contribution in [0.4, 0.5) is 0 Å². The van der Waals surface area contributed by atoms with Crippen LogP contribution < -0.4 is 0 Å². The highest BCUT2D eigenvalue weighted by molar-refractivity contribution is 5.44. The Morgan fingerprint density at radius 3 is 2.61 bits per heavy atom. The summed E-state index contributed by atoms with van der Waals surface area (Å²) in [7, 11) is 0. The van der Waals surface area contributed by atoms with Crippen molar-refractivity contribution in [3.63, 3.8) is 0 Å². The largest absolute Gasteiger partial charge is 0.504 e. The van der Waals surface area contributed by atoms with Crippen molar-refractivity contribution in [3.05, 3.63) is 53.9 Å². The summed E-state index contributed by atoms with van der Waals surface area (Å²) in [5, 5.41) is 28.9. The average Bonchev–Trinajstić information content (AvgIpc) is 2.41. The van der Waals surface area contributed by atoms with Gasteiger partial charge in [0, 0.05) is 6.20 Å². The monoisotopic (exact) mass is 245 g/mol. The predicted molar refractivity (Wildman–Crippen MR) is 67.3 cm³/mol. The Morgan fingerprint density at radius 1 is 1.06 bits per heavy atom. The topological polar surface area (TPSA) is 73.6 Å². The zero-order chi connectivity index (χ0) is 13.0. The number of aromatic nitrogens is 1. The number of para-hydroxylation sites is 1. The number of pyridine rings is 1. The van der Waals surface area contributed by atoms with Crippen molar-refractivity contribution in [1.82, 2.24) is 4.98 Å². The molecule has 4 nitrogen and oxygen atoms in total. The molecule has 0 aliphatic rings. The molecule has 1 aromatic carbocycles. The number of nitrogens with zero attached hydrogens (tertiary/aromatic N) is 1. The van der Waals surface area contributed by atoms with Crippen LogP contribution in [-0.4, -0.2) is 20.3 Å². The van der Waals surface area contributed by atoms with Gasteiger partial charge in [-0.25, -0.2) is 0 Å². The van der Waals surface area contributed by atoms with Crippen molar-refractivity contribution in [2.75, 3.05) is 0 Å². The van der Waals surface area contributed by atoms with Crippen LogP contribution in [0.3, 0.4) is 0 Å². The summed E-state index contributed by atoms with van der Waals surface area (Å²) < 4.78 is 0. The third kappa shape index (κ3) is 2.78. The minimum Gasteiger partial charge on any atom is -0.504 e. The van der Waals surface area contributed by atoms with E-state index < -0.39 is 6.10 Å². The second-order valence-electron chi connectivity index (χ2n) is 4.09. The molecule has 0 aliphatic heterocycles. The van der Waals surface area contributed by atoms with Gasteiger partial charge in [0.15, 0.2) is 11.5 Å². The molecule has 0 radical (unpaired) electrons. The van der Waals surface area contributed by atoms with E-state index in [0.29, 0.717) is 24.1 Å². The molecule has 1 atom stereocenters. The van der Waals surface area contributed by atoms with Crippen LogP contribution in [0.5, 0.6) is 11.5 Å². The molecule has 0 bridgehead atoms. The molecule has 2 aromatic rings. The Labute approximate surface area is 105 Å². The summed E-state index contributed by atoms with van der Waals surface area (Å²) >= 11 is 0. The first-order valence-corrected chi connectivity index (χ1v) is 5.77. The molecular formula is C14H15NO3. The first-order chi connectivity index (χ1) is 8.68. The SMILES string of the molecule is Oc1cccc(CC[C@@H](O)c2ccccn2)c1O. The van der Waals surface area contributed by atoms with Gasteiger partial charge in [0.2, 0.25) is 0 Å². The molecule has 1 aromatic heterocycles. The Balaban J connectivity index is 2.02. The van der Waals surface area contributed by atoms with E-state index in [0.717, 1.165) is 0 Å². The van der Waals surface area contributed by atoms with Crippen LogP contribution in [0.2, 0.25) is 0 Å². The summed E-state index contributed by atoms with van der Waals surface area (Å²) in [6.07, 6.45) is 1.86. The van der Waals surface area contributed by atoms with Crippen LogP contribution >= 0.6 is 0 Å². The maximum atomic E-state index is 9.94. The number of benzene rings is 1. The molecule has 3 N–H and O–H groups in total. The molecule has 94 valence electrons. The van der Waals surface area contributed by atoms with Crippen molar-refractivity contribution >= 4 is 0 Å². The number of phenolic OH excluding ortho intramolecular Hbond substituents is 2. The number of hydrogen-bond acceptors (Lipinski definition) is 4. The molecule has 0 fully saturated rings. The fraction of sp³-hybridized carbons (Fsp3) is 0.214. The second-order valence-corrected chi connectivity index (χ2v) is 4.09. The molecule has 0 saturated carbocycles. The van der Waals surface area contributed by atoms with Crippen LogP contribution in [0.25, 0.3) is 0 Å². The van der Waals surface area contributed by atoms with Crippen LogP contribution in [0.1, 0.15) is 23.8 Å². The Kier molecular flexibility index (Phi) is 3.79. The smallest absolute Gasteiger partial charge is 0.160 e. The fourth-order valence-corrected chi connectivity index (χ4v) is 1.79. The van der Waals surface area contributed by atoms with E-state index in [1.807, 2.05) is 6.07 Å². The summed E-state index contributed by atoms with van der Waals surface area (Å²) in [5.41, 5.74) is 1.22. The zero-order valence-electron chi connectivity index (χ0n) is 9.82. The highest BCUT2D eigenvalue weighted by atomic mass is 16.3. The third-order valence-corrected chi connectivity index (χ3v) is 2.81. The van der Waals surface area contributed by atoms with E-state index in [1.54, 1.807) is 30.5 Å². The van der Waals surface area contributed by atoms with Gasteiger partial charge in [-0.3, -0.25) is 4.98 Å². The lowest BCUT2D eigenvalue weighted by atomic mass is 10.0. The van der Waals surface area contributed by atoms with Gasteiger partial charge in [0.25, 0.3) is 0 Å². The van der Waals surface area contributed by atoms with Crippen molar-refractivity contribution in [1.29, 1.82) is 0 Å².